The Morgan fingerprint density at radius 1 is 1.23 bits per heavy atom. The van der Waals surface area contributed by atoms with Gasteiger partial charge in [-0.2, -0.15) is 11.8 Å². The van der Waals surface area contributed by atoms with Crippen LogP contribution in [0.15, 0.2) is 12.5 Å². The molecular formula is C25H41N5O4S. The Labute approximate surface area is 212 Å². The number of aryl methyl sites for hydroxylation is 1. The van der Waals surface area contributed by atoms with E-state index in [9.17, 15) is 19.5 Å². The van der Waals surface area contributed by atoms with Crippen LogP contribution in [0.3, 0.4) is 0 Å². The van der Waals surface area contributed by atoms with Gasteiger partial charge in [-0.3, -0.25) is 14.5 Å². The highest BCUT2D eigenvalue weighted by atomic mass is 32.2. The number of aliphatic carboxylic acids is 1. The number of hydrogen-bond acceptors (Lipinski definition) is 6. The predicted molar refractivity (Wildman–Crippen MR) is 137 cm³/mol. The molecule has 196 valence electrons. The van der Waals surface area contributed by atoms with E-state index in [0.717, 1.165) is 44.5 Å². The fraction of sp³-hybridized carbons (Fsp3) is 0.760. The van der Waals surface area contributed by atoms with Gasteiger partial charge in [0.05, 0.1) is 12.4 Å². The molecule has 9 nitrogen and oxygen atoms in total. The number of amides is 2. The van der Waals surface area contributed by atoms with E-state index in [0.29, 0.717) is 37.5 Å². The van der Waals surface area contributed by atoms with Crippen molar-refractivity contribution in [1.82, 2.24) is 25.1 Å². The Balaban J connectivity index is 1.69. The molecule has 5 atom stereocenters. The molecule has 0 spiro atoms. The van der Waals surface area contributed by atoms with Gasteiger partial charge in [-0.25, -0.2) is 9.78 Å². The van der Waals surface area contributed by atoms with E-state index in [1.807, 2.05) is 11.2 Å². The van der Waals surface area contributed by atoms with Crippen molar-refractivity contribution in [2.45, 2.75) is 76.9 Å². The van der Waals surface area contributed by atoms with Crippen molar-refractivity contribution in [3.05, 3.63) is 18.2 Å². The van der Waals surface area contributed by atoms with Crippen molar-refractivity contribution in [2.24, 2.45) is 11.8 Å². The molecule has 3 heterocycles. The number of aromatic amines is 1. The predicted octanol–water partition coefficient (Wildman–Crippen LogP) is 2.39. The summed E-state index contributed by atoms with van der Waals surface area (Å²) in [4.78, 5) is 49.6. The quantitative estimate of drug-likeness (QED) is 0.375. The van der Waals surface area contributed by atoms with Crippen LogP contribution in [0.2, 0.25) is 0 Å². The van der Waals surface area contributed by atoms with Gasteiger partial charge in [0.25, 0.3) is 0 Å². The van der Waals surface area contributed by atoms with Crippen molar-refractivity contribution >= 4 is 29.5 Å². The normalized spacial score (nSPS) is 25.6. The van der Waals surface area contributed by atoms with Crippen molar-refractivity contribution in [1.29, 1.82) is 0 Å². The van der Waals surface area contributed by atoms with Crippen molar-refractivity contribution < 1.29 is 19.5 Å². The summed E-state index contributed by atoms with van der Waals surface area (Å²) in [5.41, 5.74) is 0.956. The van der Waals surface area contributed by atoms with Crippen LogP contribution in [0, 0.1) is 11.8 Å². The third-order valence-electron chi connectivity index (χ3n) is 7.76. The highest BCUT2D eigenvalue weighted by molar-refractivity contribution is 7.98. The Hall–Kier alpha value is -2.07. The van der Waals surface area contributed by atoms with Gasteiger partial charge in [0.15, 0.2) is 0 Å². The fourth-order valence-corrected chi connectivity index (χ4v) is 6.16. The molecule has 2 aliphatic heterocycles. The first kappa shape index (κ1) is 27.5. The van der Waals surface area contributed by atoms with Crippen molar-refractivity contribution in [3.8, 4) is 0 Å². The van der Waals surface area contributed by atoms with E-state index in [1.54, 1.807) is 24.3 Å². The van der Waals surface area contributed by atoms with Crippen LogP contribution in [0.5, 0.6) is 0 Å². The zero-order valence-corrected chi connectivity index (χ0v) is 22.1. The maximum absolute atomic E-state index is 13.4. The van der Waals surface area contributed by atoms with E-state index >= 15 is 0 Å². The first-order chi connectivity index (χ1) is 16.9. The Morgan fingerprint density at radius 2 is 1.97 bits per heavy atom. The van der Waals surface area contributed by atoms with E-state index in [1.165, 1.54) is 0 Å². The number of thioether (sulfide) groups is 1. The number of carbonyl (C=O) groups excluding carboxylic acids is 2. The zero-order chi connectivity index (χ0) is 25.4. The third kappa shape index (κ3) is 7.00. The summed E-state index contributed by atoms with van der Waals surface area (Å²) in [6.07, 6.45) is 10.5. The fourth-order valence-electron chi connectivity index (χ4n) is 5.69. The number of nitrogens with zero attached hydrogens (tertiary/aromatic N) is 3. The lowest BCUT2D eigenvalue weighted by Crippen LogP contribution is -2.54. The third-order valence-corrected chi connectivity index (χ3v) is 8.40. The molecule has 2 amide bonds. The zero-order valence-electron chi connectivity index (χ0n) is 21.2. The number of imidazole rings is 1. The maximum atomic E-state index is 13.4. The number of rotatable bonds is 13. The number of carbonyl (C=O) groups is 3. The van der Waals surface area contributed by atoms with E-state index < -0.39 is 12.0 Å². The molecule has 3 N–H and O–H groups in total. The standard InChI is InChI=1S/C25H41N5O4S/c1-4-17-9-12-30(22(31)7-6-19-14-26-16-27-19)21(17)15-29-11-8-18(5-2)23(29)24(32)28-20(25(33)34)10-13-35-3/h14,16-18,20-21,23H,4-13,15H2,1-3H3,(H,26,27)(H,28,32)(H,33,34)/t17-,18-,20-,21+,23-/m0/s1. The number of likely N-dealkylation sites (tertiary alicyclic amines) is 2. The summed E-state index contributed by atoms with van der Waals surface area (Å²) in [6, 6.07) is -1.14. The van der Waals surface area contributed by atoms with Crippen LogP contribution in [0.25, 0.3) is 0 Å². The van der Waals surface area contributed by atoms with Crippen LogP contribution in [0.4, 0.5) is 0 Å². The van der Waals surface area contributed by atoms with Crippen molar-refractivity contribution in [3.63, 3.8) is 0 Å². The monoisotopic (exact) mass is 507 g/mol. The molecule has 3 rings (SSSR count). The summed E-state index contributed by atoms with van der Waals surface area (Å²) in [6.45, 7) is 6.46. The van der Waals surface area contributed by atoms with E-state index in [2.05, 4.69) is 34.0 Å². The number of hydrogen-bond donors (Lipinski definition) is 3. The average molecular weight is 508 g/mol. The van der Waals surface area contributed by atoms with Gasteiger partial charge in [0.1, 0.15) is 6.04 Å². The van der Waals surface area contributed by atoms with E-state index in [4.69, 9.17) is 0 Å². The molecule has 0 aromatic carbocycles. The molecule has 10 heteroatoms. The number of aromatic nitrogens is 2. The number of H-pyrrole nitrogens is 1. The van der Waals surface area contributed by atoms with Crippen LogP contribution in [-0.2, 0) is 20.8 Å². The van der Waals surface area contributed by atoms with Crippen LogP contribution < -0.4 is 5.32 Å². The number of nitrogens with one attached hydrogen (secondary N) is 2. The van der Waals surface area contributed by atoms with Gasteiger partial charge in [-0.15, -0.1) is 0 Å². The van der Waals surface area contributed by atoms with Crippen LogP contribution >= 0.6 is 11.8 Å². The second-order valence-corrected chi connectivity index (χ2v) is 10.8. The molecule has 0 aliphatic carbocycles. The molecule has 0 radical (unpaired) electrons. The first-order valence-electron chi connectivity index (χ1n) is 12.9. The SMILES string of the molecule is CC[C@H]1CCN(C[C@@H]2[C@@H](CC)CCN2C(=O)CCc2cnc[nH]2)[C@@H]1C(=O)N[C@@H](CCSC)C(=O)O. The topological polar surface area (TPSA) is 119 Å². The molecule has 1 aromatic heterocycles. The highest BCUT2D eigenvalue weighted by Gasteiger charge is 2.44. The lowest BCUT2D eigenvalue weighted by atomic mass is 9.94. The summed E-state index contributed by atoms with van der Waals surface area (Å²) < 4.78 is 0. The van der Waals surface area contributed by atoms with Crippen LogP contribution in [0.1, 0.15) is 58.1 Å². The molecule has 2 aliphatic rings. The lowest BCUT2D eigenvalue weighted by Gasteiger charge is -2.35. The summed E-state index contributed by atoms with van der Waals surface area (Å²) >= 11 is 1.57. The van der Waals surface area contributed by atoms with E-state index in [-0.39, 0.29) is 29.8 Å². The molecular weight excluding hydrogens is 466 g/mol. The number of carboxylic acid groups (broad SMARTS) is 1. The smallest absolute Gasteiger partial charge is 0.326 e. The molecule has 1 aromatic rings. The summed E-state index contributed by atoms with van der Waals surface area (Å²) in [5.74, 6) is 0.251. The second kappa shape index (κ2) is 13.3. The lowest BCUT2D eigenvalue weighted by molar-refractivity contribution is -0.143. The van der Waals surface area contributed by atoms with Crippen LogP contribution in [-0.4, -0.2) is 92.4 Å². The largest absolute Gasteiger partial charge is 0.480 e. The minimum absolute atomic E-state index is 0.0759. The van der Waals surface area contributed by atoms with Crippen molar-refractivity contribution in [2.75, 3.05) is 31.6 Å². The maximum Gasteiger partial charge on any atom is 0.326 e. The Morgan fingerprint density at radius 3 is 2.60 bits per heavy atom. The highest BCUT2D eigenvalue weighted by Crippen LogP contribution is 2.33. The molecule has 2 saturated heterocycles. The minimum Gasteiger partial charge on any atom is -0.480 e. The molecule has 0 saturated carbocycles. The average Bonchev–Trinajstić information content (AvgIpc) is 3.60. The summed E-state index contributed by atoms with van der Waals surface area (Å²) in [5, 5.41) is 12.4. The van der Waals surface area contributed by atoms with Gasteiger partial charge < -0.3 is 20.3 Å². The van der Waals surface area contributed by atoms with Gasteiger partial charge in [0.2, 0.25) is 11.8 Å². The number of carboxylic acids is 1. The van der Waals surface area contributed by atoms with Gasteiger partial charge in [-0.1, -0.05) is 26.7 Å². The summed E-state index contributed by atoms with van der Waals surface area (Å²) in [7, 11) is 0. The van der Waals surface area contributed by atoms with Gasteiger partial charge in [0, 0.05) is 37.4 Å². The molecule has 0 unspecified atom stereocenters. The second-order valence-electron chi connectivity index (χ2n) is 9.77. The molecule has 2 fully saturated rings. The van der Waals surface area contributed by atoms with Gasteiger partial charge in [-0.05, 0) is 56.1 Å². The van der Waals surface area contributed by atoms with Gasteiger partial charge >= 0.3 is 5.97 Å². The minimum atomic E-state index is -0.985. The Bertz CT molecular complexity index is 836. The molecule has 35 heavy (non-hydrogen) atoms. The first-order valence-corrected chi connectivity index (χ1v) is 14.3. The Kier molecular flexibility index (Phi) is 10.5. The molecule has 0 bridgehead atoms.